The van der Waals surface area contributed by atoms with Crippen LogP contribution in [-0.2, 0) is 14.8 Å². The van der Waals surface area contributed by atoms with Gasteiger partial charge >= 0.3 is 0 Å². The lowest BCUT2D eigenvalue weighted by Gasteiger charge is -2.15. The molecule has 1 aliphatic rings. The summed E-state index contributed by atoms with van der Waals surface area (Å²) in [7, 11) is -3.70. The molecule has 21 heavy (non-hydrogen) atoms. The van der Waals surface area contributed by atoms with Crippen molar-refractivity contribution in [1.82, 2.24) is 9.19 Å². The highest BCUT2D eigenvalue weighted by Crippen LogP contribution is 2.24. The van der Waals surface area contributed by atoms with Crippen molar-refractivity contribution in [3.05, 3.63) is 41.1 Å². The van der Waals surface area contributed by atoms with Crippen LogP contribution in [0.15, 0.2) is 46.0 Å². The Morgan fingerprint density at radius 3 is 2.43 bits per heavy atom. The first kappa shape index (κ1) is 14.3. The molecule has 0 aliphatic carbocycles. The summed E-state index contributed by atoms with van der Waals surface area (Å²) in [6, 6.07) is 6.28. The predicted octanol–water partition coefficient (Wildman–Crippen LogP) is 2.01. The van der Waals surface area contributed by atoms with Crippen LogP contribution in [0.3, 0.4) is 0 Å². The number of rotatable bonds is 3. The monoisotopic (exact) mass is 369 g/mol. The molecule has 0 N–H and O–H groups in total. The zero-order valence-corrected chi connectivity index (χ0v) is 13.3. The minimum Gasteiger partial charge on any atom is -0.312 e. The summed E-state index contributed by atoms with van der Waals surface area (Å²) in [6.07, 6.45) is 4.17. The zero-order chi connectivity index (χ0) is 15.0. The number of hydrogen-bond donors (Lipinski definition) is 0. The second-order valence-electron chi connectivity index (χ2n) is 4.68. The molecule has 2 aromatic rings. The molecule has 1 aromatic heterocycles. The molecule has 0 atom stereocenters. The van der Waals surface area contributed by atoms with E-state index in [0.717, 1.165) is 16.2 Å². The summed E-state index contributed by atoms with van der Waals surface area (Å²) in [5, 5.41) is 3.79. The van der Waals surface area contributed by atoms with Gasteiger partial charge < -0.3 is 4.90 Å². The molecule has 110 valence electrons. The first-order valence-electron chi connectivity index (χ1n) is 6.35. The fourth-order valence-corrected chi connectivity index (χ4v) is 3.78. The highest BCUT2D eigenvalue weighted by atomic mass is 79.9. The van der Waals surface area contributed by atoms with Gasteiger partial charge in [-0.1, -0.05) is 0 Å². The van der Waals surface area contributed by atoms with Crippen molar-refractivity contribution in [2.24, 2.45) is 0 Å². The molecule has 0 unspecified atom stereocenters. The second kappa shape index (κ2) is 5.27. The van der Waals surface area contributed by atoms with E-state index in [2.05, 4.69) is 21.0 Å². The lowest BCUT2D eigenvalue weighted by Crippen LogP contribution is -2.23. The Hall–Kier alpha value is -1.67. The molecule has 0 saturated carbocycles. The minimum atomic E-state index is -3.70. The Morgan fingerprint density at radius 1 is 1.19 bits per heavy atom. The minimum absolute atomic E-state index is 0.0709. The summed E-state index contributed by atoms with van der Waals surface area (Å²) in [4.78, 5) is 13.5. The summed E-state index contributed by atoms with van der Waals surface area (Å²) in [6.45, 7) is 0.678. The van der Waals surface area contributed by atoms with Gasteiger partial charge in [-0.3, -0.25) is 4.79 Å². The quantitative estimate of drug-likeness (QED) is 0.829. The number of aromatic nitrogens is 2. The van der Waals surface area contributed by atoms with Crippen LogP contribution >= 0.6 is 15.9 Å². The SMILES string of the molecule is O=C1CCCN1c1ccc(S(=O)(=O)n2cc(Br)cn2)cc1. The molecular formula is C13H12BrN3O3S. The van der Waals surface area contributed by atoms with Gasteiger partial charge in [-0.15, -0.1) is 0 Å². The van der Waals surface area contributed by atoms with E-state index in [0.29, 0.717) is 17.4 Å². The van der Waals surface area contributed by atoms with Gasteiger partial charge in [0.1, 0.15) is 0 Å². The molecule has 3 rings (SSSR count). The smallest absolute Gasteiger partial charge is 0.282 e. The number of benzene rings is 1. The van der Waals surface area contributed by atoms with Gasteiger partial charge in [-0.05, 0) is 46.6 Å². The maximum absolute atomic E-state index is 12.3. The first-order chi connectivity index (χ1) is 9.98. The fourth-order valence-electron chi connectivity index (χ4n) is 2.24. The Bertz CT molecular complexity index is 783. The normalized spacial score (nSPS) is 15.7. The molecule has 0 bridgehead atoms. The first-order valence-corrected chi connectivity index (χ1v) is 8.58. The topological polar surface area (TPSA) is 72.3 Å². The van der Waals surface area contributed by atoms with Crippen molar-refractivity contribution < 1.29 is 13.2 Å². The number of halogens is 1. The average Bonchev–Trinajstić information content (AvgIpc) is 3.08. The molecular weight excluding hydrogens is 358 g/mol. The number of carbonyl (C=O) groups is 1. The van der Waals surface area contributed by atoms with E-state index in [1.807, 2.05) is 0 Å². The van der Waals surface area contributed by atoms with Crippen molar-refractivity contribution in [2.45, 2.75) is 17.7 Å². The van der Waals surface area contributed by atoms with Crippen LogP contribution in [0.25, 0.3) is 0 Å². The van der Waals surface area contributed by atoms with Gasteiger partial charge in [0.05, 0.1) is 21.8 Å². The van der Waals surface area contributed by atoms with Gasteiger partial charge in [-0.2, -0.15) is 17.6 Å². The molecule has 1 amide bonds. The second-order valence-corrected chi connectivity index (χ2v) is 7.39. The maximum Gasteiger partial charge on any atom is 0.282 e. The van der Waals surface area contributed by atoms with Crippen molar-refractivity contribution in [2.75, 3.05) is 11.4 Å². The van der Waals surface area contributed by atoms with E-state index < -0.39 is 10.0 Å². The third-order valence-electron chi connectivity index (χ3n) is 3.29. The molecule has 1 aromatic carbocycles. The van der Waals surface area contributed by atoms with Gasteiger partial charge in [0, 0.05) is 18.7 Å². The standard InChI is InChI=1S/C13H12BrN3O3S/c14-10-8-15-17(9-10)21(19,20)12-5-3-11(4-6-12)16-7-1-2-13(16)18/h3-6,8-9H,1-2,7H2. The van der Waals surface area contributed by atoms with E-state index in [-0.39, 0.29) is 10.8 Å². The summed E-state index contributed by atoms with van der Waals surface area (Å²) in [5.74, 6) is 0.0709. The Kier molecular flexibility index (Phi) is 3.58. The van der Waals surface area contributed by atoms with Gasteiger partial charge in [0.15, 0.2) is 0 Å². The summed E-state index contributed by atoms with van der Waals surface area (Å²) in [5.41, 5.74) is 0.720. The maximum atomic E-state index is 12.3. The van der Waals surface area contributed by atoms with E-state index in [9.17, 15) is 13.2 Å². The predicted molar refractivity (Wildman–Crippen MR) is 80.5 cm³/mol. The van der Waals surface area contributed by atoms with Crippen LogP contribution in [0.2, 0.25) is 0 Å². The van der Waals surface area contributed by atoms with Crippen LogP contribution in [0.4, 0.5) is 5.69 Å². The molecule has 6 nitrogen and oxygen atoms in total. The molecule has 0 radical (unpaired) electrons. The van der Waals surface area contributed by atoms with Crippen LogP contribution in [0.5, 0.6) is 0 Å². The molecule has 1 fully saturated rings. The largest absolute Gasteiger partial charge is 0.312 e. The van der Waals surface area contributed by atoms with Crippen LogP contribution in [-0.4, -0.2) is 30.1 Å². The van der Waals surface area contributed by atoms with Crippen molar-refractivity contribution in [3.63, 3.8) is 0 Å². The number of nitrogens with zero attached hydrogens (tertiary/aromatic N) is 3. The Labute approximate surface area is 130 Å². The molecule has 1 saturated heterocycles. The molecule has 2 heterocycles. The number of hydrogen-bond acceptors (Lipinski definition) is 4. The van der Waals surface area contributed by atoms with Crippen LogP contribution in [0.1, 0.15) is 12.8 Å². The lowest BCUT2D eigenvalue weighted by molar-refractivity contribution is -0.117. The Morgan fingerprint density at radius 2 is 1.90 bits per heavy atom. The summed E-state index contributed by atoms with van der Waals surface area (Å²) < 4.78 is 26.2. The van der Waals surface area contributed by atoms with Gasteiger partial charge in [-0.25, -0.2) is 0 Å². The van der Waals surface area contributed by atoms with Crippen LogP contribution < -0.4 is 4.90 Å². The third kappa shape index (κ3) is 2.60. The molecule has 8 heteroatoms. The fraction of sp³-hybridized carbons (Fsp3) is 0.231. The third-order valence-corrected chi connectivity index (χ3v) is 5.26. The highest BCUT2D eigenvalue weighted by Gasteiger charge is 2.23. The Balaban J connectivity index is 1.92. The highest BCUT2D eigenvalue weighted by molar-refractivity contribution is 9.10. The van der Waals surface area contributed by atoms with Crippen LogP contribution in [0, 0.1) is 0 Å². The number of anilines is 1. The van der Waals surface area contributed by atoms with E-state index in [4.69, 9.17) is 0 Å². The van der Waals surface area contributed by atoms with E-state index in [1.165, 1.54) is 24.5 Å². The zero-order valence-electron chi connectivity index (χ0n) is 10.9. The lowest BCUT2D eigenvalue weighted by atomic mass is 10.3. The van der Waals surface area contributed by atoms with E-state index >= 15 is 0 Å². The van der Waals surface area contributed by atoms with Crippen molar-refractivity contribution in [1.29, 1.82) is 0 Å². The average molecular weight is 370 g/mol. The summed E-state index contributed by atoms with van der Waals surface area (Å²) >= 11 is 3.17. The molecule has 0 spiro atoms. The van der Waals surface area contributed by atoms with Gasteiger partial charge in [0.2, 0.25) is 5.91 Å². The number of amides is 1. The van der Waals surface area contributed by atoms with Gasteiger partial charge in [0.25, 0.3) is 10.0 Å². The van der Waals surface area contributed by atoms with Crippen molar-refractivity contribution in [3.8, 4) is 0 Å². The molecule has 1 aliphatic heterocycles. The van der Waals surface area contributed by atoms with Crippen molar-refractivity contribution >= 4 is 37.5 Å². The van der Waals surface area contributed by atoms with E-state index in [1.54, 1.807) is 17.0 Å². The number of carbonyl (C=O) groups excluding carboxylic acids is 1.